The molecular formula is C16H22N2O. The van der Waals surface area contributed by atoms with Crippen LogP contribution in [-0.2, 0) is 6.42 Å². The summed E-state index contributed by atoms with van der Waals surface area (Å²) in [5.74, 6) is 0.448. The van der Waals surface area contributed by atoms with Crippen LogP contribution in [0.2, 0.25) is 0 Å². The summed E-state index contributed by atoms with van der Waals surface area (Å²) >= 11 is 0. The largest absolute Gasteiger partial charge is 0.326 e. The second-order valence-corrected chi connectivity index (χ2v) is 5.54. The first-order valence-electron chi connectivity index (χ1n) is 6.85. The maximum absolute atomic E-state index is 12.3. The fourth-order valence-corrected chi connectivity index (χ4v) is 2.29. The quantitative estimate of drug-likeness (QED) is 0.861. The molecule has 1 unspecified atom stereocenters. The minimum absolute atomic E-state index is 0.0440. The van der Waals surface area contributed by atoms with Gasteiger partial charge in [-0.1, -0.05) is 37.6 Å². The first-order valence-corrected chi connectivity index (χ1v) is 6.85. The summed E-state index contributed by atoms with van der Waals surface area (Å²) in [6.45, 7) is 8.35. The van der Waals surface area contributed by atoms with Gasteiger partial charge in [0.15, 0.2) is 0 Å². The monoisotopic (exact) mass is 258 g/mol. The highest BCUT2D eigenvalue weighted by molar-refractivity contribution is 5.95. The van der Waals surface area contributed by atoms with Crippen molar-refractivity contribution in [3.05, 3.63) is 41.6 Å². The zero-order valence-electron chi connectivity index (χ0n) is 12.1. The smallest absolute Gasteiger partial charge is 0.314 e. The number of benzene rings is 1. The van der Waals surface area contributed by atoms with Crippen molar-refractivity contribution in [2.45, 2.75) is 40.2 Å². The third-order valence-corrected chi connectivity index (χ3v) is 3.76. The van der Waals surface area contributed by atoms with Crippen LogP contribution in [-0.4, -0.2) is 12.1 Å². The number of rotatable bonds is 2. The lowest BCUT2D eigenvalue weighted by Crippen LogP contribution is -2.41. The lowest BCUT2D eigenvalue weighted by molar-refractivity contribution is 0.248. The predicted octanol–water partition coefficient (Wildman–Crippen LogP) is 3.71. The van der Waals surface area contributed by atoms with Crippen LogP contribution in [0.3, 0.4) is 0 Å². The fourth-order valence-electron chi connectivity index (χ4n) is 2.29. The van der Waals surface area contributed by atoms with E-state index in [4.69, 9.17) is 0 Å². The van der Waals surface area contributed by atoms with Gasteiger partial charge in [-0.3, -0.25) is 4.90 Å². The molecule has 19 heavy (non-hydrogen) atoms. The van der Waals surface area contributed by atoms with Crippen LogP contribution in [0.1, 0.15) is 33.3 Å². The van der Waals surface area contributed by atoms with Gasteiger partial charge >= 0.3 is 6.03 Å². The van der Waals surface area contributed by atoms with E-state index in [1.807, 2.05) is 36.2 Å². The minimum atomic E-state index is -0.0440. The summed E-state index contributed by atoms with van der Waals surface area (Å²) in [4.78, 5) is 14.2. The number of urea groups is 1. The molecule has 0 bridgehead atoms. The topological polar surface area (TPSA) is 32.3 Å². The number of amides is 2. The first kappa shape index (κ1) is 13.7. The molecule has 1 aromatic rings. The van der Waals surface area contributed by atoms with E-state index in [1.165, 1.54) is 11.1 Å². The van der Waals surface area contributed by atoms with Crippen LogP contribution >= 0.6 is 0 Å². The molecule has 0 aromatic heterocycles. The summed E-state index contributed by atoms with van der Waals surface area (Å²) in [5.41, 5.74) is 3.45. The summed E-state index contributed by atoms with van der Waals surface area (Å²) in [6, 6.07) is 8.27. The van der Waals surface area contributed by atoms with E-state index in [1.54, 1.807) is 0 Å². The summed E-state index contributed by atoms with van der Waals surface area (Å²) < 4.78 is 0. The molecule has 1 aliphatic heterocycles. The molecule has 0 radical (unpaired) electrons. The number of carbonyl (C=O) groups excluding carboxylic acids is 1. The van der Waals surface area contributed by atoms with Gasteiger partial charge in [-0.25, -0.2) is 4.79 Å². The molecule has 2 amide bonds. The number of anilines is 1. The van der Waals surface area contributed by atoms with E-state index in [2.05, 4.69) is 32.2 Å². The Morgan fingerprint density at radius 1 is 1.42 bits per heavy atom. The highest BCUT2D eigenvalue weighted by atomic mass is 16.2. The van der Waals surface area contributed by atoms with Gasteiger partial charge in [-0.2, -0.15) is 0 Å². The molecule has 0 saturated heterocycles. The number of hydrogen-bond acceptors (Lipinski definition) is 1. The molecule has 0 saturated carbocycles. The van der Waals surface area contributed by atoms with Crippen molar-refractivity contribution in [3.63, 3.8) is 0 Å². The molecule has 1 N–H and O–H groups in total. The second-order valence-electron chi connectivity index (χ2n) is 5.54. The van der Waals surface area contributed by atoms with E-state index in [0.29, 0.717) is 5.92 Å². The standard InChI is InChI=1S/C16H22N2O/c1-11(2)12(3)10-17-16(19)18-13(4)9-14-7-5-6-8-15(14)18/h5-8,10-11,13H,9H2,1-4H3,(H,17,19)/b12-10+. The normalized spacial score (nSPS) is 18.7. The van der Waals surface area contributed by atoms with Gasteiger partial charge in [0.05, 0.1) is 0 Å². The molecule has 1 heterocycles. The molecule has 1 aliphatic rings. The van der Waals surface area contributed by atoms with Crippen molar-refractivity contribution < 1.29 is 4.79 Å². The third-order valence-electron chi connectivity index (χ3n) is 3.76. The Balaban J connectivity index is 2.14. The first-order chi connectivity index (χ1) is 9.00. The Morgan fingerprint density at radius 3 is 2.79 bits per heavy atom. The second kappa shape index (κ2) is 5.47. The maximum Gasteiger partial charge on any atom is 0.326 e. The maximum atomic E-state index is 12.3. The lowest BCUT2D eigenvalue weighted by atomic mass is 10.1. The third kappa shape index (κ3) is 2.80. The van der Waals surface area contributed by atoms with Gasteiger partial charge in [0.25, 0.3) is 0 Å². The molecule has 1 aromatic carbocycles. The average molecular weight is 258 g/mol. The van der Waals surface area contributed by atoms with E-state index in [0.717, 1.165) is 12.1 Å². The molecule has 3 nitrogen and oxygen atoms in total. The summed E-state index contributed by atoms with van der Waals surface area (Å²) in [6.07, 6.45) is 2.75. The Hall–Kier alpha value is -1.77. The molecule has 0 fully saturated rings. The number of carbonyl (C=O) groups is 1. The Morgan fingerprint density at radius 2 is 2.11 bits per heavy atom. The lowest BCUT2D eigenvalue weighted by Gasteiger charge is -2.22. The summed E-state index contributed by atoms with van der Waals surface area (Å²) in [7, 11) is 0. The van der Waals surface area contributed by atoms with Gasteiger partial charge in [0.2, 0.25) is 0 Å². The van der Waals surface area contributed by atoms with Crippen molar-refractivity contribution in [1.82, 2.24) is 5.32 Å². The molecule has 0 spiro atoms. The average Bonchev–Trinajstić information content (AvgIpc) is 2.71. The Kier molecular flexibility index (Phi) is 3.93. The van der Waals surface area contributed by atoms with Gasteiger partial charge in [0, 0.05) is 17.9 Å². The molecular weight excluding hydrogens is 236 g/mol. The molecule has 3 heteroatoms. The zero-order valence-corrected chi connectivity index (χ0v) is 12.1. The highest BCUT2D eigenvalue weighted by Gasteiger charge is 2.30. The van der Waals surface area contributed by atoms with E-state index in [9.17, 15) is 4.79 Å². The van der Waals surface area contributed by atoms with E-state index >= 15 is 0 Å². The SMILES string of the molecule is C/C(=C\NC(=O)N1c2ccccc2CC1C)C(C)C. The van der Waals surface area contributed by atoms with Crippen LogP contribution in [0.25, 0.3) is 0 Å². The van der Waals surface area contributed by atoms with Crippen molar-refractivity contribution in [3.8, 4) is 0 Å². The van der Waals surface area contributed by atoms with E-state index in [-0.39, 0.29) is 12.1 Å². The highest BCUT2D eigenvalue weighted by Crippen LogP contribution is 2.31. The van der Waals surface area contributed by atoms with Crippen molar-refractivity contribution in [1.29, 1.82) is 0 Å². The predicted molar refractivity (Wildman–Crippen MR) is 79.2 cm³/mol. The van der Waals surface area contributed by atoms with Crippen molar-refractivity contribution in [2.24, 2.45) is 5.92 Å². The van der Waals surface area contributed by atoms with Crippen molar-refractivity contribution in [2.75, 3.05) is 4.90 Å². The fraction of sp³-hybridized carbons (Fsp3) is 0.438. The number of nitrogens with one attached hydrogen (secondary N) is 1. The van der Waals surface area contributed by atoms with Gasteiger partial charge in [0.1, 0.15) is 0 Å². The van der Waals surface area contributed by atoms with Crippen LogP contribution in [0.15, 0.2) is 36.0 Å². The Labute approximate surface area is 115 Å². The molecule has 102 valence electrons. The Bertz CT molecular complexity index is 505. The van der Waals surface area contributed by atoms with Gasteiger partial charge < -0.3 is 5.32 Å². The molecule has 0 aliphatic carbocycles. The zero-order chi connectivity index (χ0) is 14.0. The summed E-state index contributed by atoms with van der Waals surface area (Å²) in [5, 5.41) is 2.90. The van der Waals surface area contributed by atoms with Crippen molar-refractivity contribution >= 4 is 11.7 Å². The minimum Gasteiger partial charge on any atom is -0.314 e. The van der Waals surface area contributed by atoms with Crippen LogP contribution < -0.4 is 10.2 Å². The number of nitrogens with zero attached hydrogens (tertiary/aromatic N) is 1. The van der Waals surface area contributed by atoms with Gasteiger partial charge in [-0.15, -0.1) is 0 Å². The van der Waals surface area contributed by atoms with E-state index < -0.39 is 0 Å². The molecule has 1 atom stereocenters. The number of hydrogen-bond donors (Lipinski definition) is 1. The van der Waals surface area contributed by atoms with Gasteiger partial charge in [-0.05, 0) is 37.8 Å². The van der Waals surface area contributed by atoms with Crippen LogP contribution in [0.4, 0.5) is 10.5 Å². The number of allylic oxidation sites excluding steroid dienone is 1. The number of para-hydroxylation sites is 1. The van der Waals surface area contributed by atoms with Crippen LogP contribution in [0, 0.1) is 5.92 Å². The van der Waals surface area contributed by atoms with Crippen LogP contribution in [0.5, 0.6) is 0 Å². The molecule has 2 rings (SSSR count). The number of fused-ring (bicyclic) bond motifs is 1.